The molecule has 0 saturated heterocycles. The molecule has 0 atom stereocenters. The third-order valence-corrected chi connectivity index (χ3v) is 7.85. The van der Waals surface area contributed by atoms with E-state index in [4.69, 9.17) is 9.47 Å². The van der Waals surface area contributed by atoms with Crippen LogP contribution in [0, 0.1) is 0 Å². The minimum Gasteiger partial charge on any atom is -0.496 e. The zero-order valence-electron chi connectivity index (χ0n) is 20.3. The number of benzene rings is 2. The molecule has 190 valence electrons. The van der Waals surface area contributed by atoms with Crippen LogP contribution in [-0.4, -0.2) is 75.5 Å². The quantitative estimate of drug-likeness (QED) is 0.348. The van der Waals surface area contributed by atoms with Crippen LogP contribution < -0.4 is 9.47 Å². The summed E-state index contributed by atoms with van der Waals surface area (Å²) < 4.78 is 37.4. The molecule has 1 aliphatic rings. The molecule has 1 N–H and O–H groups in total. The molecular weight excluding hydrogens is 472 g/mol. The summed E-state index contributed by atoms with van der Waals surface area (Å²) in [7, 11) is 0.693. The molecule has 0 aromatic heterocycles. The Morgan fingerprint density at radius 2 is 1.86 bits per heavy atom. The van der Waals surface area contributed by atoms with E-state index in [-0.39, 0.29) is 17.1 Å². The Bertz CT molecular complexity index is 1180. The van der Waals surface area contributed by atoms with Crippen molar-refractivity contribution in [3.63, 3.8) is 0 Å². The number of ether oxygens (including phenoxy) is 2. The predicted molar refractivity (Wildman–Crippen MR) is 131 cm³/mol. The smallest absolute Gasteiger partial charge is 0.407 e. The lowest BCUT2D eigenvalue weighted by atomic mass is 10.0. The Morgan fingerprint density at radius 3 is 2.54 bits per heavy atom. The summed E-state index contributed by atoms with van der Waals surface area (Å²) in [5.74, 6) is 0.868. The Kier molecular flexibility index (Phi) is 8.74. The van der Waals surface area contributed by atoms with Crippen molar-refractivity contribution in [2.24, 2.45) is 0 Å². The van der Waals surface area contributed by atoms with Gasteiger partial charge in [-0.3, -0.25) is 4.79 Å². The highest BCUT2D eigenvalue weighted by atomic mass is 32.2. The largest absolute Gasteiger partial charge is 0.496 e. The lowest BCUT2D eigenvalue weighted by Crippen LogP contribution is -2.32. The predicted octanol–water partition coefficient (Wildman–Crippen LogP) is 3.46. The zero-order valence-corrected chi connectivity index (χ0v) is 21.1. The summed E-state index contributed by atoms with van der Waals surface area (Å²) >= 11 is 0. The van der Waals surface area contributed by atoms with Crippen molar-refractivity contribution in [3.8, 4) is 11.5 Å². The van der Waals surface area contributed by atoms with Gasteiger partial charge in [-0.25, -0.2) is 17.5 Å². The number of ketones is 1. The second kappa shape index (κ2) is 11.5. The third-order valence-electron chi connectivity index (χ3n) is 6.03. The van der Waals surface area contributed by atoms with E-state index < -0.39 is 16.1 Å². The van der Waals surface area contributed by atoms with Crippen LogP contribution in [0.25, 0.3) is 0 Å². The highest BCUT2D eigenvalue weighted by Crippen LogP contribution is 2.35. The molecule has 35 heavy (non-hydrogen) atoms. The number of carbonyl (C=O) groups is 2. The molecular formula is C25H32N2O7S. The molecule has 1 heterocycles. The lowest BCUT2D eigenvalue weighted by molar-refractivity contribution is 0.0977. The minimum atomic E-state index is -3.76. The van der Waals surface area contributed by atoms with E-state index in [1.54, 1.807) is 13.2 Å². The van der Waals surface area contributed by atoms with Gasteiger partial charge in [0.1, 0.15) is 16.4 Å². The maximum atomic E-state index is 12.9. The Labute approximate surface area is 206 Å². The Morgan fingerprint density at radius 1 is 1.11 bits per heavy atom. The molecule has 2 aromatic rings. The summed E-state index contributed by atoms with van der Waals surface area (Å²) in [6.07, 6.45) is 1.26. The van der Waals surface area contributed by atoms with Gasteiger partial charge in [0.15, 0.2) is 5.78 Å². The van der Waals surface area contributed by atoms with Crippen LogP contribution in [0.2, 0.25) is 0 Å². The average molecular weight is 505 g/mol. The number of carboxylic acid groups (broad SMARTS) is 1. The normalized spacial score (nSPS) is 12.8. The molecule has 9 nitrogen and oxygen atoms in total. The number of Topliss-reactive ketones (excluding diaryl/α,β-unsaturated/α-hetero) is 1. The van der Waals surface area contributed by atoms with Crippen molar-refractivity contribution >= 4 is 21.9 Å². The molecule has 0 spiro atoms. The van der Waals surface area contributed by atoms with Crippen LogP contribution in [0.4, 0.5) is 4.79 Å². The van der Waals surface area contributed by atoms with Crippen LogP contribution in [0.1, 0.15) is 40.7 Å². The molecule has 0 aliphatic carbocycles. The first kappa shape index (κ1) is 26.5. The summed E-state index contributed by atoms with van der Waals surface area (Å²) in [5.41, 5.74) is 1.98. The summed E-state index contributed by atoms with van der Waals surface area (Å²) in [5, 5.41) is 9.56. The molecule has 2 aromatic carbocycles. The van der Waals surface area contributed by atoms with E-state index in [9.17, 15) is 23.1 Å². The van der Waals surface area contributed by atoms with E-state index in [0.29, 0.717) is 62.3 Å². The second-order valence-electron chi connectivity index (χ2n) is 8.56. The van der Waals surface area contributed by atoms with Gasteiger partial charge >= 0.3 is 6.09 Å². The van der Waals surface area contributed by atoms with Gasteiger partial charge in [-0.05, 0) is 48.6 Å². The number of amides is 1. The number of unbranched alkanes of at least 4 members (excludes halogenated alkanes) is 1. The standard InChI is InChI=1S/C25H32N2O7S/c1-26(2)35(31,32)23-17-20(16-19-12-15-34-24(19)23)21(28)9-6-7-13-27(25(29)30)14-11-18-8-4-5-10-22(18)33-3/h4-5,8,10,16-17H,6-7,9,11-15H2,1-3H3,(H,29,30). The van der Waals surface area contributed by atoms with Gasteiger partial charge in [0.05, 0.1) is 13.7 Å². The van der Waals surface area contributed by atoms with E-state index >= 15 is 0 Å². The zero-order chi connectivity index (χ0) is 25.6. The van der Waals surface area contributed by atoms with E-state index in [0.717, 1.165) is 15.6 Å². The first-order valence-electron chi connectivity index (χ1n) is 11.5. The van der Waals surface area contributed by atoms with Crippen LogP contribution >= 0.6 is 0 Å². The summed E-state index contributed by atoms with van der Waals surface area (Å²) in [6, 6.07) is 10.6. The van der Waals surface area contributed by atoms with Crippen LogP contribution in [0.5, 0.6) is 11.5 Å². The van der Waals surface area contributed by atoms with Crippen molar-refractivity contribution in [1.82, 2.24) is 9.21 Å². The van der Waals surface area contributed by atoms with Gasteiger partial charge in [0, 0.05) is 45.6 Å². The number of carbonyl (C=O) groups excluding carboxylic acids is 1. The van der Waals surface area contributed by atoms with E-state index in [1.807, 2.05) is 24.3 Å². The van der Waals surface area contributed by atoms with Crippen molar-refractivity contribution in [3.05, 3.63) is 53.1 Å². The van der Waals surface area contributed by atoms with Gasteiger partial charge < -0.3 is 19.5 Å². The Hall–Kier alpha value is -3.11. The average Bonchev–Trinajstić information content (AvgIpc) is 3.31. The number of hydrogen-bond acceptors (Lipinski definition) is 6. The number of para-hydroxylation sites is 1. The number of sulfonamides is 1. The highest BCUT2D eigenvalue weighted by molar-refractivity contribution is 7.89. The fourth-order valence-electron chi connectivity index (χ4n) is 4.02. The molecule has 0 bridgehead atoms. The molecule has 0 fully saturated rings. The van der Waals surface area contributed by atoms with Gasteiger partial charge in [0.25, 0.3) is 0 Å². The summed E-state index contributed by atoms with van der Waals surface area (Å²) in [6.45, 7) is 0.999. The van der Waals surface area contributed by atoms with Crippen molar-refractivity contribution in [1.29, 1.82) is 0 Å². The van der Waals surface area contributed by atoms with Crippen molar-refractivity contribution < 1.29 is 32.6 Å². The van der Waals surface area contributed by atoms with Crippen LogP contribution in [0.15, 0.2) is 41.3 Å². The molecule has 0 radical (unpaired) electrons. The van der Waals surface area contributed by atoms with Crippen molar-refractivity contribution in [2.45, 2.75) is 37.0 Å². The maximum absolute atomic E-state index is 12.9. The molecule has 1 amide bonds. The maximum Gasteiger partial charge on any atom is 0.407 e. The van der Waals surface area contributed by atoms with Crippen molar-refractivity contribution in [2.75, 3.05) is 40.9 Å². The molecule has 0 unspecified atom stereocenters. The second-order valence-corrected chi connectivity index (χ2v) is 10.7. The topological polar surface area (TPSA) is 113 Å². The first-order chi connectivity index (χ1) is 16.6. The summed E-state index contributed by atoms with van der Waals surface area (Å²) in [4.78, 5) is 25.9. The van der Waals surface area contributed by atoms with E-state index in [1.165, 1.54) is 25.1 Å². The van der Waals surface area contributed by atoms with Crippen LogP contribution in [-0.2, 0) is 22.9 Å². The lowest BCUT2D eigenvalue weighted by Gasteiger charge is -2.20. The molecule has 3 rings (SSSR count). The van der Waals surface area contributed by atoms with Crippen LogP contribution in [0.3, 0.4) is 0 Å². The van der Waals surface area contributed by atoms with E-state index in [2.05, 4.69) is 0 Å². The number of nitrogens with zero attached hydrogens (tertiary/aromatic N) is 2. The fourth-order valence-corrected chi connectivity index (χ4v) is 5.12. The molecule has 0 saturated carbocycles. The number of methoxy groups -OCH3 is 1. The minimum absolute atomic E-state index is 0.00856. The number of rotatable bonds is 12. The monoisotopic (exact) mass is 504 g/mol. The van der Waals surface area contributed by atoms with Gasteiger partial charge in [-0.15, -0.1) is 0 Å². The highest BCUT2D eigenvalue weighted by Gasteiger charge is 2.29. The van der Waals surface area contributed by atoms with Gasteiger partial charge in [-0.2, -0.15) is 0 Å². The molecule has 1 aliphatic heterocycles. The van der Waals surface area contributed by atoms with Gasteiger partial charge in [0.2, 0.25) is 10.0 Å². The Balaban J connectivity index is 1.59. The number of hydrogen-bond donors (Lipinski definition) is 1. The third kappa shape index (κ3) is 6.32. The fraction of sp³-hybridized carbons (Fsp3) is 0.440. The number of fused-ring (bicyclic) bond motifs is 1. The van der Waals surface area contributed by atoms with Gasteiger partial charge in [-0.1, -0.05) is 18.2 Å². The SMILES string of the molecule is COc1ccccc1CCN(CCCCC(=O)c1cc2c(c(S(=O)(=O)N(C)C)c1)OCC2)C(=O)O. The first-order valence-corrected chi connectivity index (χ1v) is 12.9. The molecule has 10 heteroatoms.